The molecule has 3 aromatic rings. The Morgan fingerprint density at radius 2 is 2.05 bits per heavy atom. The van der Waals surface area contributed by atoms with Crippen LogP contribution in [0.1, 0.15) is 16.1 Å². The molecule has 0 bridgehead atoms. The first-order chi connectivity index (χ1) is 10.7. The fourth-order valence-electron chi connectivity index (χ4n) is 1.91. The number of carbonyl (C=O) groups excluding carboxylic acids is 1. The second kappa shape index (κ2) is 6.41. The number of benzene rings is 1. The molecule has 1 aromatic carbocycles. The van der Waals surface area contributed by atoms with Crippen molar-refractivity contribution in [1.82, 2.24) is 15.5 Å². The van der Waals surface area contributed by atoms with Gasteiger partial charge < -0.3 is 9.84 Å². The highest BCUT2D eigenvalue weighted by atomic mass is 35.5. The van der Waals surface area contributed by atoms with Crippen LogP contribution in [0.4, 0.5) is 0 Å². The summed E-state index contributed by atoms with van der Waals surface area (Å²) in [7, 11) is 0. The van der Waals surface area contributed by atoms with E-state index < -0.39 is 0 Å². The van der Waals surface area contributed by atoms with Crippen molar-refractivity contribution in [2.45, 2.75) is 6.54 Å². The van der Waals surface area contributed by atoms with Crippen LogP contribution < -0.4 is 5.32 Å². The van der Waals surface area contributed by atoms with Crippen LogP contribution in [0.25, 0.3) is 11.3 Å². The van der Waals surface area contributed by atoms with E-state index in [4.69, 9.17) is 16.1 Å². The van der Waals surface area contributed by atoms with Gasteiger partial charge in [-0.25, -0.2) is 0 Å². The van der Waals surface area contributed by atoms with Crippen molar-refractivity contribution in [3.05, 3.63) is 71.1 Å². The number of halogens is 1. The lowest BCUT2D eigenvalue weighted by Gasteiger charge is -2.01. The molecule has 0 aliphatic rings. The summed E-state index contributed by atoms with van der Waals surface area (Å²) < 4.78 is 5.20. The molecule has 0 aliphatic heterocycles. The third-order valence-corrected chi connectivity index (χ3v) is 3.30. The van der Waals surface area contributed by atoms with E-state index in [2.05, 4.69) is 15.5 Å². The number of rotatable bonds is 4. The summed E-state index contributed by atoms with van der Waals surface area (Å²) in [5.41, 5.74) is 1.95. The predicted octanol–water partition coefficient (Wildman–Crippen LogP) is 3.32. The van der Waals surface area contributed by atoms with Crippen LogP contribution in [0.15, 0.2) is 59.4 Å². The van der Waals surface area contributed by atoms with Crippen molar-refractivity contribution in [1.29, 1.82) is 0 Å². The SMILES string of the molecule is O=C(NCc1cccnc1)c1cc(-c2ccc(Cl)cc2)on1. The lowest BCUT2D eigenvalue weighted by molar-refractivity contribution is 0.0942. The molecule has 2 heterocycles. The zero-order chi connectivity index (χ0) is 15.4. The van der Waals surface area contributed by atoms with Crippen molar-refractivity contribution < 1.29 is 9.32 Å². The molecule has 0 aliphatic carbocycles. The topological polar surface area (TPSA) is 68.0 Å². The van der Waals surface area contributed by atoms with Crippen LogP contribution in [-0.4, -0.2) is 16.0 Å². The van der Waals surface area contributed by atoms with Gasteiger partial charge in [-0.15, -0.1) is 0 Å². The summed E-state index contributed by atoms with van der Waals surface area (Å²) in [6.45, 7) is 0.385. The van der Waals surface area contributed by atoms with Crippen LogP contribution in [0.2, 0.25) is 5.02 Å². The minimum absolute atomic E-state index is 0.230. The quantitative estimate of drug-likeness (QED) is 0.802. The molecule has 0 saturated carbocycles. The Bertz CT molecular complexity index is 770. The molecule has 0 fully saturated rings. The zero-order valence-electron chi connectivity index (χ0n) is 11.5. The highest BCUT2D eigenvalue weighted by molar-refractivity contribution is 6.30. The van der Waals surface area contributed by atoms with Gasteiger partial charge in [0.05, 0.1) is 0 Å². The Balaban J connectivity index is 1.68. The highest BCUT2D eigenvalue weighted by Crippen LogP contribution is 2.22. The van der Waals surface area contributed by atoms with E-state index in [1.54, 1.807) is 42.7 Å². The summed E-state index contributed by atoms with van der Waals surface area (Å²) in [5, 5.41) is 7.19. The predicted molar refractivity (Wildman–Crippen MR) is 82.4 cm³/mol. The maximum atomic E-state index is 12.0. The Morgan fingerprint density at radius 1 is 1.23 bits per heavy atom. The summed E-state index contributed by atoms with van der Waals surface area (Å²) in [6, 6.07) is 12.4. The maximum Gasteiger partial charge on any atom is 0.273 e. The maximum absolute atomic E-state index is 12.0. The number of hydrogen-bond donors (Lipinski definition) is 1. The Labute approximate surface area is 131 Å². The molecule has 0 atom stereocenters. The number of hydrogen-bond acceptors (Lipinski definition) is 4. The van der Waals surface area contributed by atoms with Gasteiger partial charge in [0, 0.05) is 35.6 Å². The van der Waals surface area contributed by atoms with Crippen LogP contribution in [0.5, 0.6) is 0 Å². The Kier molecular flexibility index (Phi) is 4.16. The van der Waals surface area contributed by atoms with Crippen molar-refractivity contribution in [3.8, 4) is 11.3 Å². The normalized spacial score (nSPS) is 10.4. The summed E-state index contributed by atoms with van der Waals surface area (Å²) in [4.78, 5) is 16.0. The molecule has 0 spiro atoms. The van der Waals surface area contributed by atoms with Crippen molar-refractivity contribution in [2.24, 2.45) is 0 Å². The van der Waals surface area contributed by atoms with Gasteiger partial charge in [-0.1, -0.05) is 22.8 Å². The lowest BCUT2D eigenvalue weighted by atomic mass is 10.1. The summed E-state index contributed by atoms with van der Waals surface area (Å²) in [5.74, 6) is 0.219. The number of pyridine rings is 1. The summed E-state index contributed by atoms with van der Waals surface area (Å²) >= 11 is 5.84. The molecular weight excluding hydrogens is 302 g/mol. The number of carbonyl (C=O) groups is 1. The van der Waals surface area contributed by atoms with Crippen molar-refractivity contribution in [2.75, 3.05) is 0 Å². The molecule has 22 heavy (non-hydrogen) atoms. The second-order valence-corrected chi connectivity index (χ2v) is 5.06. The van der Waals surface area contributed by atoms with Crippen molar-refractivity contribution in [3.63, 3.8) is 0 Å². The molecular formula is C16H12ClN3O2. The van der Waals surface area contributed by atoms with E-state index in [1.807, 2.05) is 12.1 Å². The first kappa shape index (κ1) is 14.3. The van der Waals surface area contributed by atoms with E-state index in [-0.39, 0.29) is 11.6 Å². The Morgan fingerprint density at radius 3 is 2.77 bits per heavy atom. The van der Waals surface area contributed by atoms with Crippen LogP contribution in [0.3, 0.4) is 0 Å². The molecule has 0 unspecified atom stereocenters. The number of nitrogens with one attached hydrogen (secondary N) is 1. The van der Waals surface area contributed by atoms with E-state index >= 15 is 0 Å². The molecule has 2 aromatic heterocycles. The molecule has 5 nitrogen and oxygen atoms in total. The van der Waals surface area contributed by atoms with Crippen LogP contribution in [0, 0.1) is 0 Å². The number of nitrogens with zero attached hydrogens (tertiary/aromatic N) is 2. The standard InChI is InChI=1S/C16H12ClN3O2/c17-13-5-3-12(4-6-13)15-8-14(20-22-15)16(21)19-10-11-2-1-7-18-9-11/h1-9H,10H2,(H,19,21). The average molecular weight is 314 g/mol. The smallest absolute Gasteiger partial charge is 0.273 e. The monoisotopic (exact) mass is 313 g/mol. The Hall–Kier alpha value is -2.66. The van der Waals surface area contributed by atoms with Gasteiger partial charge in [0.2, 0.25) is 0 Å². The van der Waals surface area contributed by atoms with E-state index in [0.29, 0.717) is 17.3 Å². The minimum atomic E-state index is -0.298. The van der Waals surface area contributed by atoms with Gasteiger partial charge in [-0.2, -0.15) is 0 Å². The number of aromatic nitrogens is 2. The fourth-order valence-corrected chi connectivity index (χ4v) is 2.03. The second-order valence-electron chi connectivity index (χ2n) is 4.63. The molecule has 1 amide bonds. The first-order valence-corrected chi connectivity index (χ1v) is 7.00. The molecule has 0 radical (unpaired) electrons. The molecule has 1 N–H and O–H groups in total. The van der Waals surface area contributed by atoms with Gasteiger partial charge in [-0.3, -0.25) is 9.78 Å². The lowest BCUT2D eigenvalue weighted by Crippen LogP contribution is -2.23. The minimum Gasteiger partial charge on any atom is -0.355 e. The van der Waals surface area contributed by atoms with Crippen LogP contribution in [-0.2, 0) is 6.54 Å². The zero-order valence-corrected chi connectivity index (χ0v) is 12.2. The van der Waals surface area contributed by atoms with Gasteiger partial charge in [0.15, 0.2) is 11.5 Å². The third-order valence-electron chi connectivity index (χ3n) is 3.05. The van der Waals surface area contributed by atoms with Crippen LogP contribution >= 0.6 is 11.6 Å². The van der Waals surface area contributed by atoms with E-state index in [0.717, 1.165) is 11.1 Å². The molecule has 6 heteroatoms. The third kappa shape index (κ3) is 3.32. The van der Waals surface area contributed by atoms with Gasteiger partial charge >= 0.3 is 0 Å². The molecule has 0 saturated heterocycles. The summed E-state index contributed by atoms with van der Waals surface area (Å²) in [6.07, 6.45) is 3.38. The van der Waals surface area contributed by atoms with Gasteiger partial charge in [0.1, 0.15) is 0 Å². The number of amides is 1. The molecule has 3 rings (SSSR count). The van der Waals surface area contributed by atoms with Gasteiger partial charge in [0.25, 0.3) is 5.91 Å². The average Bonchev–Trinajstić information content (AvgIpc) is 3.04. The van der Waals surface area contributed by atoms with E-state index in [1.165, 1.54) is 0 Å². The highest BCUT2D eigenvalue weighted by Gasteiger charge is 2.13. The fraction of sp³-hybridized carbons (Fsp3) is 0.0625. The van der Waals surface area contributed by atoms with Gasteiger partial charge in [-0.05, 0) is 35.9 Å². The largest absolute Gasteiger partial charge is 0.355 e. The first-order valence-electron chi connectivity index (χ1n) is 6.62. The van der Waals surface area contributed by atoms with Crippen molar-refractivity contribution >= 4 is 17.5 Å². The van der Waals surface area contributed by atoms with E-state index in [9.17, 15) is 4.79 Å². The molecule has 110 valence electrons.